The minimum Gasteiger partial charge on any atom is -0.454 e. The third kappa shape index (κ3) is 4.33. The molecule has 0 spiro atoms. The molecule has 0 saturated carbocycles. The van der Waals surface area contributed by atoms with Gasteiger partial charge >= 0.3 is 6.18 Å². The van der Waals surface area contributed by atoms with E-state index in [1.807, 2.05) is 0 Å². The number of rotatable bonds is 4. The standard InChI is InChI=1S/C18H15ClF3N3O2/c1-10-7-12(19)3-5-14(10)23-17(26)15-6-4-13(27-15)9-25-16(18(20,21)22)8-11(2)24-25/h3-8H,9H2,1-2H3,(H,23,26). The minimum absolute atomic E-state index is 0.0169. The number of carbonyl (C=O) groups is 1. The van der Waals surface area contributed by atoms with E-state index in [9.17, 15) is 18.0 Å². The molecule has 2 aromatic heterocycles. The lowest BCUT2D eigenvalue weighted by molar-refractivity contribution is -0.144. The van der Waals surface area contributed by atoms with Gasteiger partial charge in [0.2, 0.25) is 0 Å². The van der Waals surface area contributed by atoms with Crippen LogP contribution in [0, 0.1) is 13.8 Å². The van der Waals surface area contributed by atoms with Crippen LogP contribution in [-0.2, 0) is 12.7 Å². The van der Waals surface area contributed by atoms with Crippen molar-refractivity contribution in [3.63, 3.8) is 0 Å². The smallest absolute Gasteiger partial charge is 0.433 e. The monoisotopic (exact) mass is 397 g/mol. The van der Waals surface area contributed by atoms with E-state index in [0.29, 0.717) is 10.7 Å². The number of nitrogens with zero attached hydrogens (tertiary/aromatic N) is 2. The van der Waals surface area contributed by atoms with E-state index in [1.165, 1.54) is 19.1 Å². The Labute approximate surface area is 157 Å². The van der Waals surface area contributed by atoms with Crippen LogP contribution in [0.25, 0.3) is 0 Å². The van der Waals surface area contributed by atoms with Crippen LogP contribution < -0.4 is 5.32 Å². The van der Waals surface area contributed by atoms with Crippen LogP contribution in [0.5, 0.6) is 0 Å². The Kier molecular flexibility index (Phi) is 5.01. The van der Waals surface area contributed by atoms with Gasteiger partial charge in [-0.1, -0.05) is 11.6 Å². The zero-order chi connectivity index (χ0) is 19.8. The number of aryl methyl sites for hydroxylation is 2. The molecule has 1 amide bonds. The molecule has 3 aromatic rings. The topological polar surface area (TPSA) is 60.1 Å². The second-order valence-electron chi connectivity index (χ2n) is 6.01. The predicted octanol–water partition coefficient (Wildman–Crippen LogP) is 5.07. The SMILES string of the molecule is Cc1cc(C(F)(F)F)n(Cc2ccc(C(=O)Nc3ccc(Cl)cc3C)o2)n1. The van der Waals surface area contributed by atoms with Gasteiger partial charge in [-0.2, -0.15) is 18.3 Å². The molecule has 3 rings (SSSR count). The number of hydrogen-bond acceptors (Lipinski definition) is 3. The largest absolute Gasteiger partial charge is 0.454 e. The second kappa shape index (κ2) is 7.11. The van der Waals surface area contributed by atoms with Crippen molar-refractivity contribution in [3.8, 4) is 0 Å². The molecule has 142 valence electrons. The van der Waals surface area contributed by atoms with E-state index in [1.54, 1.807) is 25.1 Å². The average Bonchev–Trinajstić information content (AvgIpc) is 3.17. The minimum atomic E-state index is -4.53. The number of anilines is 1. The molecule has 9 heteroatoms. The van der Waals surface area contributed by atoms with E-state index < -0.39 is 17.8 Å². The van der Waals surface area contributed by atoms with Gasteiger partial charge in [0.15, 0.2) is 5.76 Å². The van der Waals surface area contributed by atoms with E-state index in [2.05, 4.69) is 10.4 Å². The van der Waals surface area contributed by atoms with Crippen molar-refractivity contribution in [1.82, 2.24) is 9.78 Å². The van der Waals surface area contributed by atoms with Crippen LogP contribution in [0.4, 0.5) is 18.9 Å². The van der Waals surface area contributed by atoms with Crippen molar-refractivity contribution in [2.75, 3.05) is 5.32 Å². The van der Waals surface area contributed by atoms with Gasteiger partial charge in [0.05, 0.1) is 12.2 Å². The summed E-state index contributed by atoms with van der Waals surface area (Å²) in [6, 6.07) is 8.79. The first-order chi connectivity index (χ1) is 12.6. The summed E-state index contributed by atoms with van der Waals surface area (Å²) in [5.41, 5.74) is 0.693. The van der Waals surface area contributed by atoms with Gasteiger partial charge in [0.25, 0.3) is 5.91 Å². The van der Waals surface area contributed by atoms with Gasteiger partial charge in [0, 0.05) is 10.7 Å². The zero-order valence-corrected chi connectivity index (χ0v) is 15.1. The molecule has 27 heavy (non-hydrogen) atoms. The summed E-state index contributed by atoms with van der Waals surface area (Å²) in [6.45, 7) is 3.02. The number of benzene rings is 1. The summed E-state index contributed by atoms with van der Waals surface area (Å²) in [4.78, 5) is 12.3. The maximum Gasteiger partial charge on any atom is 0.433 e. The van der Waals surface area contributed by atoms with Crippen molar-refractivity contribution in [2.45, 2.75) is 26.6 Å². The summed E-state index contributed by atoms with van der Waals surface area (Å²) in [5.74, 6) is -0.349. The number of halogens is 4. The lowest BCUT2D eigenvalue weighted by atomic mass is 10.2. The highest BCUT2D eigenvalue weighted by Crippen LogP contribution is 2.30. The number of furan rings is 1. The number of hydrogen-bond donors (Lipinski definition) is 1. The summed E-state index contributed by atoms with van der Waals surface area (Å²) in [5, 5.41) is 7.06. The molecule has 5 nitrogen and oxygen atoms in total. The molecule has 0 aliphatic heterocycles. The molecule has 0 radical (unpaired) electrons. The number of amides is 1. The Morgan fingerprint density at radius 3 is 2.63 bits per heavy atom. The first-order valence-electron chi connectivity index (χ1n) is 7.91. The number of alkyl halides is 3. The van der Waals surface area contributed by atoms with Crippen LogP contribution in [-0.4, -0.2) is 15.7 Å². The van der Waals surface area contributed by atoms with Crippen molar-refractivity contribution in [3.05, 3.63) is 69.9 Å². The van der Waals surface area contributed by atoms with Crippen LogP contribution >= 0.6 is 11.6 Å². The van der Waals surface area contributed by atoms with Crippen LogP contribution in [0.15, 0.2) is 40.8 Å². The molecular formula is C18H15ClF3N3O2. The third-order valence-corrected chi connectivity index (χ3v) is 4.06. The molecular weight excluding hydrogens is 383 g/mol. The maximum atomic E-state index is 13.0. The van der Waals surface area contributed by atoms with Crippen molar-refractivity contribution in [1.29, 1.82) is 0 Å². The van der Waals surface area contributed by atoms with Crippen molar-refractivity contribution in [2.24, 2.45) is 0 Å². The van der Waals surface area contributed by atoms with E-state index in [4.69, 9.17) is 16.0 Å². The number of carbonyl (C=O) groups excluding carboxylic acids is 1. The van der Waals surface area contributed by atoms with Gasteiger partial charge in [-0.05, 0) is 55.8 Å². The van der Waals surface area contributed by atoms with Crippen LogP contribution in [0.1, 0.15) is 33.3 Å². The molecule has 1 N–H and O–H groups in total. The Balaban J connectivity index is 1.76. The Morgan fingerprint density at radius 1 is 1.22 bits per heavy atom. The van der Waals surface area contributed by atoms with Crippen LogP contribution in [0.2, 0.25) is 5.02 Å². The molecule has 1 aromatic carbocycles. The first-order valence-corrected chi connectivity index (χ1v) is 8.29. The third-order valence-electron chi connectivity index (χ3n) is 3.82. The van der Waals surface area contributed by atoms with Crippen molar-refractivity contribution >= 4 is 23.2 Å². The summed E-state index contributed by atoms with van der Waals surface area (Å²) < 4.78 is 45.3. The average molecular weight is 398 g/mol. The predicted molar refractivity (Wildman–Crippen MR) is 93.9 cm³/mol. The fraction of sp³-hybridized carbons (Fsp3) is 0.222. The summed E-state index contributed by atoms with van der Waals surface area (Å²) in [6.07, 6.45) is -4.53. The van der Waals surface area contributed by atoms with E-state index in [0.717, 1.165) is 16.3 Å². The highest BCUT2D eigenvalue weighted by atomic mass is 35.5. The summed E-state index contributed by atoms with van der Waals surface area (Å²) >= 11 is 5.88. The van der Waals surface area contributed by atoms with Gasteiger partial charge in [-0.3, -0.25) is 9.48 Å². The van der Waals surface area contributed by atoms with Crippen LogP contribution in [0.3, 0.4) is 0 Å². The van der Waals surface area contributed by atoms with E-state index in [-0.39, 0.29) is 23.8 Å². The fourth-order valence-electron chi connectivity index (χ4n) is 2.58. The lowest BCUT2D eigenvalue weighted by Crippen LogP contribution is -2.15. The zero-order valence-electron chi connectivity index (χ0n) is 14.4. The second-order valence-corrected chi connectivity index (χ2v) is 6.44. The molecule has 0 fully saturated rings. The fourth-order valence-corrected chi connectivity index (χ4v) is 2.80. The molecule has 0 unspecified atom stereocenters. The molecule has 0 atom stereocenters. The Bertz CT molecular complexity index is 992. The molecule has 0 aliphatic rings. The first kappa shape index (κ1) is 19.0. The van der Waals surface area contributed by atoms with E-state index >= 15 is 0 Å². The summed E-state index contributed by atoms with van der Waals surface area (Å²) in [7, 11) is 0. The Morgan fingerprint density at radius 2 is 1.96 bits per heavy atom. The van der Waals surface area contributed by atoms with Crippen molar-refractivity contribution < 1.29 is 22.4 Å². The molecule has 0 saturated heterocycles. The van der Waals surface area contributed by atoms with Gasteiger partial charge < -0.3 is 9.73 Å². The molecule has 0 aliphatic carbocycles. The number of aromatic nitrogens is 2. The Hall–Kier alpha value is -2.74. The number of nitrogens with one attached hydrogen (secondary N) is 1. The lowest BCUT2D eigenvalue weighted by Gasteiger charge is -2.09. The van der Waals surface area contributed by atoms with Gasteiger partial charge in [0.1, 0.15) is 11.5 Å². The quantitative estimate of drug-likeness (QED) is 0.669. The maximum absolute atomic E-state index is 13.0. The highest BCUT2D eigenvalue weighted by Gasteiger charge is 2.35. The van der Waals surface area contributed by atoms with Gasteiger partial charge in [-0.15, -0.1) is 0 Å². The highest BCUT2D eigenvalue weighted by molar-refractivity contribution is 6.30. The molecule has 0 bridgehead atoms. The molecule has 2 heterocycles. The van der Waals surface area contributed by atoms with Gasteiger partial charge in [-0.25, -0.2) is 0 Å². The normalized spacial score (nSPS) is 11.6.